The van der Waals surface area contributed by atoms with E-state index < -0.39 is 18.1 Å². The number of hydrogen-bond acceptors (Lipinski definition) is 4. The summed E-state index contributed by atoms with van der Waals surface area (Å²) in [4.78, 5) is 24.5. The zero-order chi connectivity index (χ0) is 15.9. The number of nitrogens with zero attached hydrogens (tertiary/aromatic N) is 1. The lowest BCUT2D eigenvalue weighted by Gasteiger charge is -2.23. The molecule has 1 aromatic carbocycles. The van der Waals surface area contributed by atoms with Crippen molar-refractivity contribution in [2.75, 3.05) is 7.05 Å². The molecule has 0 saturated heterocycles. The molecule has 1 atom stereocenters. The number of amides is 1. The fourth-order valence-corrected chi connectivity index (χ4v) is 1.97. The molecular formula is C16H17NO5. The summed E-state index contributed by atoms with van der Waals surface area (Å²) in [5.41, 5.74) is 1.54. The van der Waals surface area contributed by atoms with E-state index in [9.17, 15) is 14.7 Å². The van der Waals surface area contributed by atoms with Gasteiger partial charge in [0.25, 0.3) is 0 Å². The van der Waals surface area contributed by atoms with Crippen LogP contribution in [0.15, 0.2) is 53.3 Å². The van der Waals surface area contributed by atoms with Gasteiger partial charge in [0.15, 0.2) is 0 Å². The SMILES string of the molecule is CN(C(=O)OCc1ccccc1)[C@@H](Cc1ccoc1)C(=O)O. The van der Waals surface area contributed by atoms with Gasteiger partial charge in [0.2, 0.25) is 0 Å². The van der Waals surface area contributed by atoms with Gasteiger partial charge in [0.05, 0.1) is 12.5 Å². The van der Waals surface area contributed by atoms with Crippen molar-refractivity contribution >= 4 is 12.1 Å². The van der Waals surface area contributed by atoms with Crippen molar-refractivity contribution in [2.24, 2.45) is 0 Å². The Morgan fingerprint density at radius 3 is 2.55 bits per heavy atom. The minimum Gasteiger partial charge on any atom is -0.480 e. The number of furan rings is 1. The minimum absolute atomic E-state index is 0.0993. The Morgan fingerprint density at radius 2 is 1.95 bits per heavy atom. The van der Waals surface area contributed by atoms with Gasteiger partial charge >= 0.3 is 12.1 Å². The Kier molecular flexibility index (Phi) is 5.19. The lowest BCUT2D eigenvalue weighted by atomic mass is 10.1. The molecule has 0 saturated carbocycles. The van der Waals surface area contributed by atoms with E-state index in [-0.39, 0.29) is 13.0 Å². The molecule has 1 amide bonds. The van der Waals surface area contributed by atoms with Gasteiger partial charge in [0.1, 0.15) is 12.6 Å². The average Bonchev–Trinajstić information content (AvgIpc) is 3.03. The van der Waals surface area contributed by atoms with Crippen molar-refractivity contribution in [3.63, 3.8) is 0 Å². The number of aliphatic carboxylic acids is 1. The molecule has 2 rings (SSSR count). The molecule has 1 heterocycles. The van der Waals surface area contributed by atoms with Gasteiger partial charge in [-0.15, -0.1) is 0 Å². The van der Waals surface area contributed by atoms with Crippen LogP contribution in [0.1, 0.15) is 11.1 Å². The van der Waals surface area contributed by atoms with Crippen LogP contribution >= 0.6 is 0 Å². The maximum Gasteiger partial charge on any atom is 0.410 e. The molecule has 0 fully saturated rings. The number of carboxylic acid groups (broad SMARTS) is 1. The molecule has 6 heteroatoms. The summed E-state index contributed by atoms with van der Waals surface area (Å²) in [7, 11) is 1.41. The third kappa shape index (κ3) is 4.12. The quantitative estimate of drug-likeness (QED) is 0.887. The third-order valence-electron chi connectivity index (χ3n) is 3.25. The highest BCUT2D eigenvalue weighted by atomic mass is 16.6. The van der Waals surface area contributed by atoms with Gasteiger partial charge in [0, 0.05) is 13.5 Å². The van der Waals surface area contributed by atoms with Gasteiger partial charge in [-0.25, -0.2) is 9.59 Å². The van der Waals surface area contributed by atoms with E-state index in [0.29, 0.717) is 5.56 Å². The Balaban J connectivity index is 1.95. The topological polar surface area (TPSA) is 80.0 Å². The summed E-state index contributed by atoms with van der Waals surface area (Å²) >= 11 is 0. The number of ether oxygens (including phenoxy) is 1. The number of carbonyl (C=O) groups is 2. The van der Waals surface area contributed by atoms with E-state index in [4.69, 9.17) is 9.15 Å². The van der Waals surface area contributed by atoms with Crippen LogP contribution in [0.2, 0.25) is 0 Å². The van der Waals surface area contributed by atoms with E-state index in [2.05, 4.69) is 0 Å². The second kappa shape index (κ2) is 7.31. The fraction of sp³-hybridized carbons (Fsp3) is 0.250. The molecule has 0 spiro atoms. The molecule has 2 aromatic rings. The standard InChI is InChI=1S/C16H17NO5/c1-17(14(15(18)19)9-13-7-8-21-10-13)16(20)22-11-12-5-3-2-4-6-12/h2-8,10,14H,9,11H2,1H3,(H,18,19)/t14-/m0/s1. The number of benzene rings is 1. The maximum atomic E-state index is 12.0. The molecule has 116 valence electrons. The normalized spacial score (nSPS) is 11.7. The Bertz CT molecular complexity index is 609. The van der Waals surface area contributed by atoms with Crippen LogP contribution in [0.5, 0.6) is 0 Å². The van der Waals surface area contributed by atoms with Gasteiger partial charge in [-0.05, 0) is 17.2 Å². The molecule has 0 aliphatic carbocycles. The molecule has 22 heavy (non-hydrogen) atoms. The smallest absolute Gasteiger partial charge is 0.410 e. The number of hydrogen-bond donors (Lipinski definition) is 1. The highest BCUT2D eigenvalue weighted by Gasteiger charge is 2.28. The van der Waals surface area contributed by atoms with Crippen LogP contribution in [0, 0.1) is 0 Å². The van der Waals surface area contributed by atoms with Gasteiger partial charge in [-0.1, -0.05) is 30.3 Å². The van der Waals surface area contributed by atoms with Crippen LogP contribution in [0.4, 0.5) is 4.79 Å². The Morgan fingerprint density at radius 1 is 1.23 bits per heavy atom. The largest absolute Gasteiger partial charge is 0.480 e. The van der Waals surface area contributed by atoms with Crippen LogP contribution < -0.4 is 0 Å². The van der Waals surface area contributed by atoms with Gasteiger partial charge < -0.3 is 14.3 Å². The fourth-order valence-electron chi connectivity index (χ4n) is 1.97. The Labute approximate surface area is 127 Å². The zero-order valence-corrected chi connectivity index (χ0v) is 12.1. The first-order valence-electron chi connectivity index (χ1n) is 6.75. The summed E-state index contributed by atoms with van der Waals surface area (Å²) in [5.74, 6) is -1.10. The van der Waals surface area contributed by atoms with E-state index >= 15 is 0 Å². The van der Waals surface area contributed by atoms with Gasteiger partial charge in [-0.3, -0.25) is 4.90 Å². The summed E-state index contributed by atoms with van der Waals surface area (Å²) in [5, 5.41) is 9.30. The lowest BCUT2D eigenvalue weighted by molar-refractivity contribution is -0.142. The minimum atomic E-state index is -1.10. The van der Waals surface area contributed by atoms with Crippen LogP contribution in [0.3, 0.4) is 0 Å². The molecule has 0 aliphatic heterocycles. The van der Waals surface area contributed by atoms with E-state index in [1.54, 1.807) is 6.07 Å². The molecule has 1 N–H and O–H groups in total. The summed E-state index contributed by atoms with van der Waals surface area (Å²) in [6.45, 7) is 0.0993. The van der Waals surface area contributed by atoms with E-state index in [1.165, 1.54) is 19.6 Å². The van der Waals surface area contributed by atoms with E-state index in [0.717, 1.165) is 10.5 Å². The molecule has 0 radical (unpaired) electrons. The first-order chi connectivity index (χ1) is 10.6. The van der Waals surface area contributed by atoms with Crippen LogP contribution in [-0.2, 0) is 22.6 Å². The monoisotopic (exact) mass is 303 g/mol. The highest BCUT2D eigenvalue weighted by Crippen LogP contribution is 2.11. The van der Waals surface area contributed by atoms with Gasteiger partial charge in [-0.2, -0.15) is 0 Å². The second-order valence-corrected chi connectivity index (χ2v) is 4.84. The van der Waals surface area contributed by atoms with Crippen molar-refractivity contribution in [1.82, 2.24) is 4.90 Å². The zero-order valence-electron chi connectivity index (χ0n) is 12.1. The summed E-state index contributed by atoms with van der Waals surface area (Å²) in [6, 6.07) is 9.85. The second-order valence-electron chi connectivity index (χ2n) is 4.84. The molecule has 0 unspecified atom stereocenters. The summed E-state index contributed by atoms with van der Waals surface area (Å²) < 4.78 is 10.1. The number of carboxylic acids is 1. The average molecular weight is 303 g/mol. The molecule has 6 nitrogen and oxygen atoms in total. The van der Waals surface area contributed by atoms with Crippen molar-refractivity contribution in [1.29, 1.82) is 0 Å². The van der Waals surface area contributed by atoms with Crippen molar-refractivity contribution in [3.05, 3.63) is 60.1 Å². The molecule has 0 aliphatic rings. The highest BCUT2D eigenvalue weighted by molar-refractivity contribution is 5.80. The van der Waals surface area contributed by atoms with Crippen molar-refractivity contribution in [2.45, 2.75) is 19.1 Å². The molecule has 1 aromatic heterocycles. The predicted molar refractivity (Wildman–Crippen MR) is 78.2 cm³/mol. The van der Waals surface area contributed by atoms with Crippen LogP contribution in [0.25, 0.3) is 0 Å². The van der Waals surface area contributed by atoms with Crippen LogP contribution in [-0.4, -0.2) is 35.2 Å². The first kappa shape index (κ1) is 15.6. The Hall–Kier alpha value is -2.76. The predicted octanol–water partition coefficient (Wildman–Crippen LogP) is 2.54. The molecular weight excluding hydrogens is 286 g/mol. The first-order valence-corrected chi connectivity index (χ1v) is 6.75. The summed E-state index contributed by atoms with van der Waals surface area (Å²) in [6.07, 6.45) is 2.39. The number of likely N-dealkylation sites (N-methyl/N-ethyl adjacent to an activating group) is 1. The number of carbonyl (C=O) groups excluding carboxylic acids is 1. The van der Waals surface area contributed by atoms with E-state index in [1.807, 2.05) is 30.3 Å². The number of rotatable bonds is 6. The molecule has 0 bridgehead atoms. The van der Waals surface area contributed by atoms with Crippen molar-refractivity contribution < 1.29 is 23.8 Å². The van der Waals surface area contributed by atoms with Crippen molar-refractivity contribution in [3.8, 4) is 0 Å². The maximum absolute atomic E-state index is 12.0. The lowest BCUT2D eigenvalue weighted by Crippen LogP contribution is -2.44. The third-order valence-corrected chi connectivity index (χ3v) is 3.25.